The molecule has 0 N–H and O–H groups in total. The van der Waals surface area contributed by atoms with Crippen LogP contribution in [0.15, 0.2) is 24.5 Å². The largest absolute Gasteiger partial charge is 0.274 e. The molecule has 2 aromatic rings. The van der Waals surface area contributed by atoms with E-state index < -0.39 is 0 Å². The van der Waals surface area contributed by atoms with Crippen molar-refractivity contribution in [3.63, 3.8) is 0 Å². The summed E-state index contributed by atoms with van der Waals surface area (Å²) in [4.78, 5) is 16.3. The Morgan fingerprint density at radius 1 is 1.35 bits per heavy atom. The summed E-state index contributed by atoms with van der Waals surface area (Å²) in [6.45, 7) is 4.17. The van der Waals surface area contributed by atoms with E-state index in [9.17, 15) is 4.79 Å². The van der Waals surface area contributed by atoms with Gasteiger partial charge in [-0.1, -0.05) is 25.8 Å². The third kappa shape index (κ3) is 2.54. The van der Waals surface area contributed by atoms with Gasteiger partial charge in [-0.05, 0) is 31.0 Å². The number of rotatable bonds is 4. The first kappa shape index (κ1) is 11.8. The van der Waals surface area contributed by atoms with Crippen LogP contribution in [0.25, 0.3) is 11.0 Å². The first-order chi connectivity index (χ1) is 8.22. The molecule has 3 nitrogen and oxygen atoms in total. The Kier molecular flexibility index (Phi) is 3.57. The van der Waals surface area contributed by atoms with Crippen LogP contribution in [0.3, 0.4) is 0 Å². The molecule has 0 saturated heterocycles. The molecule has 0 unspecified atom stereocenters. The molecule has 0 radical (unpaired) electrons. The normalized spacial score (nSPS) is 10.9. The zero-order valence-electron chi connectivity index (χ0n) is 10.4. The molecule has 1 aromatic heterocycles. The Hall–Kier alpha value is -1.64. The highest BCUT2D eigenvalue weighted by Crippen LogP contribution is 2.15. The molecule has 1 aromatic carbocycles. The van der Waals surface area contributed by atoms with Gasteiger partial charge >= 0.3 is 0 Å². The predicted molar refractivity (Wildman–Crippen MR) is 69.2 cm³/mol. The highest BCUT2D eigenvalue weighted by atomic mass is 16.2. The molecule has 0 atom stereocenters. The van der Waals surface area contributed by atoms with Crippen molar-refractivity contribution >= 4 is 16.9 Å². The summed E-state index contributed by atoms with van der Waals surface area (Å²) in [5.41, 5.74) is 2.98. The van der Waals surface area contributed by atoms with Gasteiger partial charge in [-0.2, -0.15) is 0 Å². The summed E-state index contributed by atoms with van der Waals surface area (Å²) in [6.07, 6.45) is 5.45. The van der Waals surface area contributed by atoms with Crippen LogP contribution in [-0.4, -0.2) is 15.5 Å². The van der Waals surface area contributed by atoms with Crippen molar-refractivity contribution in [3.8, 4) is 0 Å². The fraction of sp³-hybridized carbons (Fsp3) is 0.429. The lowest BCUT2D eigenvalue weighted by Gasteiger charge is -2.02. The number of hydrogen-bond acceptors (Lipinski definition) is 2. The second kappa shape index (κ2) is 5.13. The number of aromatic nitrogens is 2. The molecule has 1 heterocycles. The van der Waals surface area contributed by atoms with Crippen LogP contribution in [0.1, 0.15) is 43.0 Å². The molecular formula is C14H18N2O. The van der Waals surface area contributed by atoms with Gasteiger partial charge in [0.15, 0.2) is 0 Å². The highest BCUT2D eigenvalue weighted by Gasteiger charge is 2.09. The number of imidazole rings is 1. The van der Waals surface area contributed by atoms with Gasteiger partial charge in [0.05, 0.1) is 11.0 Å². The molecule has 2 rings (SSSR count). The summed E-state index contributed by atoms with van der Waals surface area (Å²) in [5, 5.41) is 0. The van der Waals surface area contributed by atoms with Gasteiger partial charge in [0, 0.05) is 6.42 Å². The minimum Gasteiger partial charge on any atom is -0.274 e. The predicted octanol–water partition coefficient (Wildman–Crippen LogP) is 3.57. The number of fused-ring (bicyclic) bond motifs is 1. The number of carbonyl (C=O) groups excluding carboxylic acids is 1. The molecule has 0 amide bonds. The number of aryl methyl sites for hydroxylation is 1. The van der Waals surface area contributed by atoms with Gasteiger partial charge in [-0.15, -0.1) is 0 Å². The van der Waals surface area contributed by atoms with Crippen LogP contribution in [0.4, 0.5) is 0 Å². The van der Waals surface area contributed by atoms with E-state index >= 15 is 0 Å². The Bertz CT molecular complexity index is 528. The zero-order chi connectivity index (χ0) is 12.3. The van der Waals surface area contributed by atoms with Gasteiger partial charge < -0.3 is 0 Å². The quantitative estimate of drug-likeness (QED) is 0.753. The van der Waals surface area contributed by atoms with Crippen molar-refractivity contribution < 1.29 is 4.79 Å². The van der Waals surface area contributed by atoms with Crippen LogP contribution in [0.5, 0.6) is 0 Å². The Morgan fingerprint density at radius 3 is 2.94 bits per heavy atom. The number of unbranched alkanes of at least 4 members (excludes halogenated alkanes) is 2. The molecular weight excluding hydrogens is 212 g/mol. The van der Waals surface area contributed by atoms with E-state index in [1.165, 1.54) is 5.56 Å². The van der Waals surface area contributed by atoms with E-state index in [0.717, 1.165) is 30.3 Å². The second-order valence-electron chi connectivity index (χ2n) is 4.46. The molecule has 3 heteroatoms. The Balaban J connectivity index is 2.21. The monoisotopic (exact) mass is 230 g/mol. The maximum atomic E-state index is 12.0. The molecule has 17 heavy (non-hydrogen) atoms. The van der Waals surface area contributed by atoms with Crippen LogP contribution in [-0.2, 0) is 0 Å². The SMILES string of the molecule is CCCCCC(=O)n1cnc2cc(C)ccc21. The van der Waals surface area contributed by atoms with Gasteiger partial charge in [-0.25, -0.2) is 4.98 Å². The maximum Gasteiger partial charge on any atom is 0.232 e. The fourth-order valence-corrected chi connectivity index (χ4v) is 1.97. The third-order valence-corrected chi connectivity index (χ3v) is 2.97. The molecule has 0 fully saturated rings. The summed E-state index contributed by atoms with van der Waals surface area (Å²) >= 11 is 0. The standard InChI is InChI=1S/C14H18N2O/c1-3-4-5-6-14(17)16-10-15-12-9-11(2)7-8-13(12)16/h7-10H,3-6H2,1-2H3. The van der Waals surface area contributed by atoms with Crippen molar-refractivity contribution in [2.45, 2.75) is 39.5 Å². The number of benzene rings is 1. The minimum absolute atomic E-state index is 0.143. The topological polar surface area (TPSA) is 34.9 Å². The van der Waals surface area contributed by atoms with E-state index in [0.29, 0.717) is 6.42 Å². The Labute approximate surface area is 101 Å². The van der Waals surface area contributed by atoms with Gasteiger partial charge in [0.25, 0.3) is 0 Å². The average Bonchev–Trinajstić information content (AvgIpc) is 2.72. The van der Waals surface area contributed by atoms with Gasteiger partial charge in [0.1, 0.15) is 6.33 Å². The number of nitrogens with zero attached hydrogens (tertiary/aromatic N) is 2. The van der Waals surface area contributed by atoms with Crippen molar-refractivity contribution in [3.05, 3.63) is 30.1 Å². The lowest BCUT2D eigenvalue weighted by molar-refractivity contribution is 0.0904. The molecule has 0 saturated carbocycles. The van der Waals surface area contributed by atoms with Crippen LogP contribution >= 0.6 is 0 Å². The van der Waals surface area contributed by atoms with Gasteiger partial charge in [0.2, 0.25) is 5.91 Å². The summed E-state index contributed by atoms with van der Waals surface area (Å²) in [7, 11) is 0. The smallest absolute Gasteiger partial charge is 0.232 e. The lowest BCUT2D eigenvalue weighted by Crippen LogP contribution is -2.08. The van der Waals surface area contributed by atoms with Crippen molar-refractivity contribution in [1.29, 1.82) is 0 Å². The van der Waals surface area contributed by atoms with E-state index in [-0.39, 0.29) is 5.91 Å². The minimum atomic E-state index is 0.143. The maximum absolute atomic E-state index is 12.0. The fourth-order valence-electron chi connectivity index (χ4n) is 1.97. The van der Waals surface area contributed by atoms with Crippen LogP contribution < -0.4 is 0 Å². The van der Waals surface area contributed by atoms with E-state index in [1.54, 1.807) is 10.9 Å². The molecule has 0 aliphatic heterocycles. The van der Waals surface area contributed by atoms with Crippen molar-refractivity contribution in [2.75, 3.05) is 0 Å². The summed E-state index contributed by atoms with van der Waals surface area (Å²) < 4.78 is 1.67. The molecule has 90 valence electrons. The summed E-state index contributed by atoms with van der Waals surface area (Å²) in [6, 6.07) is 5.99. The molecule has 0 spiro atoms. The second-order valence-corrected chi connectivity index (χ2v) is 4.46. The summed E-state index contributed by atoms with van der Waals surface area (Å²) in [5.74, 6) is 0.143. The van der Waals surface area contributed by atoms with Crippen molar-refractivity contribution in [2.24, 2.45) is 0 Å². The Morgan fingerprint density at radius 2 is 2.18 bits per heavy atom. The first-order valence-electron chi connectivity index (χ1n) is 6.19. The zero-order valence-corrected chi connectivity index (χ0v) is 10.4. The average molecular weight is 230 g/mol. The van der Waals surface area contributed by atoms with Gasteiger partial charge in [-0.3, -0.25) is 9.36 Å². The van der Waals surface area contributed by atoms with E-state index in [2.05, 4.69) is 11.9 Å². The molecule has 0 aliphatic rings. The van der Waals surface area contributed by atoms with E-state index in [4.69, 9.17) is 0 Å². The lowest BCUT2D eigenvalue weighted by atomic mass is 10.2. The van der Waals surface area contributed by atoms with E-state index in [1.807, 2.05) is 25.1 Å². The third-order valence-electron chi connectivity index (χ3n) is 2.97. The highest BCUT2D eigenvalue weighted by molar-refractivity contribution is 5.90. The number of carbonyl (C=O) groups is 1. The van der Waals surface area contributed by atoms with Crippen LogP contribution in [0, 0.1) is 6.92 Å². The molecule has 0 aliphatic carbocycles. The van der Waals surface area contributed by atoms with Crippen molar-refractivity contribution in [1.82, 2.24) is 9.55 Å². The number of hydrogen-bond donors (Lipinski definition) is 0. The van der Waals surface area contributed by atoms with Crippen LogP contribution in [0.2, 0.25) is 0 Å². The molecule has 0 bridgehead atoms. The first-order valence-corrected chi connectivity index (χ1v) is 6.19.